The van der Waals surface area contributed by atoms with Crippen LogP contribution in [0.1, 0.15) is 68.4 Å². The number of amides is 1. The number of nitrogens with one attached hydrogen (secondary N) is 1. The van der Waals surface area contributed by atoms with Crippen molar-refractivity contribution in [3.8, 4) is 22.4 Å². The zero-order chi connectivity index (χ0) is 31.6. The smallest absolute Gasteiger partial charge is 0.308 e. The lowest BCUT2D eigenvalue weighted by atomic mass is 9.94. The van der Waals surface area contributed by atoms with E-state index in [4.69, 9.17) is 4.74 Å². The molecule has 1 heterocycles. The molecule has 2 unspecified atom stereocenters. The van der Waals surface area contributed by atoms with E-state index in [1.807, 2.05) is 86.0 Å². The molecule has 1 amide bonds. The van der Waals surface area contributed by atoms with Crippen molar-refractivity contribution < 1.29 is 28.9 Å². The van der Waals surface area contributed by atoms with Crippen LogP contribution in [0.3, 0.4) is 0 Å². The summed E-state index contributed by atoms with van der Waals surface area (Å²) in [6.45, 7) is 6.36. The normalized spacial score (nSPS) is 12.6. The van der Waals surface area contributed by atoms with Crippen LogP contribution < -0.4 is 5.32 Å². The van der Waals surface area contributed by atoms with Crippen LogP contribution >= 0.6 is 0 Å². The topological polar surface area (TPSA) is 101 Å². The van der Waals surface area contributed by atoms with Crippen LogP contribution in [0.5, 0.6) is 0 Å². The van der Waals surface area contributed by atoms with E-state index in [1.165, 1.54) is 6.07 Å². The van der Waals surface area contributed by atoms with Crippen molar-refractivity contribution in [1.29, 1.82) is 0 Å². The van der Waals surface area contributed by atoms with E-state index in [0.717, 1.165) is 5.56 Å². The molecule has 1 aromatic heterocycles. The molecule has 0 aliphatic rings. The molecule has 2 atom stereocenters. The van der Waals surface area contributed by atoms with Crippen molar-refractivity contribution in [2.45, 2.75) is 71.1 Å². The van der Waals surface area contributed by atoms with Crippen LogP contribution in [0.2, 0.25) is 0 Å². The molecule has 0 aliphatic heterocycles. The Labute approximate surface area is 258 Å². The number of aliphatic hydroxyl groups excluding tert-OH is 2. The molecule has 8 heteroatoms. The minimum absolute atomic E-state index is 0.0264. The van der Waals surface area contributed by atoms with Gasteiger partial charge in [-0.25, -0.2) is 4.39 Å². The fourth-order valence-corrected chi connectivity index (χ4v) is 5.49. The Morgan fingerprint density at radius 1 is 0.909 bits per heavy atom. The summed E-state index contributed by atoms with van der Waals surface area (Å²) in [5.74, 6) is -1.42. The largest absolute Gasteiger partial charge is 0.466 e. The number of nitrogens with zero attached hydrogens (tertiary/aromatic N) is 1. The highest BCUT2D eigenvalue weighted by Gasteiger charge is 2.31. The van der Waals surface area contributed by atoms with Gasteiger partial charge >= 0.3 is 5.97 Å². The summed E-state index contributed by atoms with van der Waals surface area (Å²) in [4.78, 5) is 26.1. The number of esters is 1. The van der Waals surface area contributed by atoms with Crippen LogP contribution in [0, 0.1) is 5.82 Å². The highest BCUT2D eigenvalue weighted by Crippen LogP contribution is 2.43. The summed E-state index contributed by atoms with van der Waals surface area (Å²) in [5, 5.41) is 24.4. The lowest BCUT2D eigenvalue weighted by molar-refractivity contribution is -0.146. The average molecular weight is 601 g/mol. The van der Waals surface area contributed by atoms with Gasteiger partial charge in [0.25, 0.3) is 5.91 Å². The Morgan fingerprint density at radius 2 is 1.55 bits per heavy atom. The van der Waals surface area contributed by atoms with Gasteiger partial charge in [0.05, 0.1) is 36.5 Å². The van der Waals surface area contributed by atoms with E-state index in [-0.39, 0.29) is 44.2 Å². The second kappa shape index (κ2) is 15.5. The summed E-state index contributed by atoms with van der Waals surface area (Å²) in [6.07, 6.45) is -1.38. The molecule has 3 aromatic carbocycles. The highest BCUT2D eigenvalue weighted by molar-refractivity contribution is 6.12. The quantitative estimate of drug-likeness (QED) is 0.133. The van der Waals surface area contributed by atoms with Gasteiger partial charge < -0.3 is 24.8 Å². The van der Waals surface area contributed by atoms with Crippen molar-refractivity contribution in [3.63, 3.8) is 0 Å². The van der Waals surface area contributed by atoms with Crippen molar-refractivity contribution in [2.75, 3.05) is 11.9 Å². The number of benzene rings is 3. The molecule has 4 aromatic rings. The maximum atomic E-state index is 15.6. The average Bonchev–Trinajstić information content (AvgIpc) is 3.35. The molecule has 0 saturated heterocycles. The number of hydrogen-bond acceptors (Lipinski definition) is 5. The molecule has 0 spiro atoms. The van der Waals surface area contributed by atoms with Crippen LogP contribution in [0.25, 0.3) is 22.4 Å². The number of aromatic nitrogens is 1. The summed E-state index contributed by atoms with van der Waals surface area (Å²) in [7, 11) is 0. The van der Waals surface area contributed by atoms with E-state index in [9.17, 15) is 19.8 Å². The Hall–Kier alpha value is -4.27. The Bertz CT molecular complexity index is 1540. The number of halogens is 1. The molecule has 0 fully saturated rings. The van der Waals surface area contributed by atoms with Gasteiger partial charge in [0, 0.05) is 29.1 Å². The van der Waals surface area contributed by atoms with Gasteiger partial charge in [0.2, 0.25) is 0 Å². The first kappa shape index (κ1) is 32.6. The van der Waals surface area contributed by atoms with E-state index >= 15 is 4.39 Å². The van der Waals surface area contributed by atoms with Crippen molar-refractivity contribution in [3.05, 3.63) is 102 Å². The third kappa shape index (κ3) is 8.01. The summed E-state index contributed by atoms with van der Waals surface area (Å²) in [6, 6.07) is 25.1. The lowest BCUT2D eigenvalue weighted by Gasteiger charge is -2.20. The number of anilines is 1. The maximum absolute atomic E-state index is 15.6. The van der Waals surface area contributed by atoms with Gasteiger partial charge in [0.15, 0.2) is 0 Å². The minimum atomic E-state index is -1.07. The Kier molecular flexibility index (Phi) is 11.5. The van der Waals surface area contributed by atoms with E-state index in [1.54, 1.807) is 18.2 Å². The van der Waals surface area contributed by atoms with Crippen LogP contribution in [0.15, 0.2) is 84.9 Å². The van der Waals surface area contributed by atoms with E-state index in [2.05, 4.69) is 5.32 Å². The van der Waals surface area contributed by atoms with E-state index in [0.29, 0.717) is 40.2 Å². The number of para-hydroxylation sites is 1. The lowest BCUT2D eigenvalue weighted by Crippen LogP contribution is -2.23. The van der Waals surface area contributed by atoms with E-state index < -0.39 is 24.0 Å². The van der Waals surface area contributed by atoms with Gasteiger partial charge in [-0.3, -0.25) is 9.59 Å². The Morgan fingerprint density at radius 3 is 2.18 bits per heavy atom. The molecule has 232 valence electrons. The third-order valence-corrected chi connectivity index (χ3v) is 7.40. The van der Waals surface area contributed by atoms with Crippen LogP contribution in [-0.2, 0) is 16.1 Å². The highest BCUT2D eigenvalue weighted by atomic mass is 19.1. The Balaban J connectivity index is 1.80. The first-order chi connectivity index (χ1) is 21.2. The number of aliphatic hydroxyl groups is 2. The minimum Gasteiger partial charge on any atom is -0.466 e. The predicted molar refractivity (Wildman–Crippen MR) is 171 cm³/mol. The van der Waals surface area contributed by atoms with Crippen molar-refractivity contribution in [2.24, 2.45) is 0 Å². The van der Waals surface area contributed by atoms with Gasteiger partial charge in [-0.2, -0.15) is 0 Å². The monoisotopic (exact) mass is 600 g/mol. The third-order valence-electron chi connectivity index (χ3n) is 7.40. The molecule has 0 bridgehead atoms. The maximum Gasteiger partial charge on any atom is 0.308 e. The fourth-order valence-electron chi connectivity index (χ4n) is 5.49. The van der Waals surface area contributed by atoms with Crippen LogP contribution in [0.4, 0.5) is 10.1 Å². The first-order valence-electron chi connectivity index (χ1n) is 15.2. The number of rotatable bonds is 14. The molecule has 44 heavy (non-hydrogen) atoms. The van der Waals surface area contributed by atoms with Gasteiger partial charge in [0.1, 0.15) is 5.82 Å². The molecule has 7 nitrogen and oxygen atoms in total. The molecule has 0 saturated carbocycles. The van der Waals surface area contributed by atoms with Crippen LogP contribution in [-0.4, -0.2) is 45.5 Å². The first-order valence-corrected chi connectivity index (χ1v) is 15.2. The SMILES string of the molecule is CCCOC(=O)CC(O)CC(O)CCn1c(-c2ccccc2F)c(-c2ccccc2)c(C(=O)Nc2ccccc2)c1C(C)C. The number of ether oxygens (including phenoxy) is 1. The molecular weight excluding hydrogens is 559 g/mol. The second-order valence-electron chi connectivity index (χ2n) is 11.2. The number of hydrogen-bond donors (Lipinski definition) is 3. The summed E-state index contributed by atoms with van der Waals surface area (Å²) < 4.78 is 22.6. The number of carbonyl (C=O) groups excluding carboxylic acids is 2. The second-order valence-corrected chi connectivity index (χ2v) is 11.2. The molecule has 0 aliphatic carbocycles. The molecule has 3 N–H and O–H groups in total. The summed E-state index contributed by atoms with van der Waals surface area (Å²) >= 11 is 0. The fraction of sp³-hybridized carbons (Fsp3) is 0.333. The van der Waals surface area contributed by atoms with Gasteiger partial charge in [-0.05, 0) is 55.0 Å². The molecular formula is C36H41FN2O5. The summed E-state index contributed by atoms with van der Waals surface area (Å²) in [5.41, 5.74) is 3.99. The number of carbonyl (C=O) groups is 2. The standard InChI is InChI=1S/C36H41FN2O5/c1-4-21-44-31(42)23-28(41)22-27(40)19-20-39-34(24(2)3)33(36(43)38-26-15-9-6-10-16-26)32(25-13-7-5-8-14-25)35(39)29-17-11-12-18-30(29)37/h5-18,24,27-28,40-41H,4,19-23H2,1-3H3,(H,38,43). The zero-order valence-electron chi connectivity index (χ0n) is 25.5. The molecule has 0 radical (unpaired) electrons. The van der Waals surface area contributed by atoms with Crippen molar-refractivity contribution in [1.82, 2.24) is 4.57 Å². The van der Waals surface area contributed by atoms with Gasteiger partial charge in [-0.1, -0.05) is 81.4 Å². The zero-order valence-corrected chi connectivity index (χ0v) is 25.5. The van der Waals surface area contributed by atoms with Crippen molar-refractivity contribution >= 4 is 17.6 Å². The van der Waals surface area contributed by atoms with Gasteiger partial charge in [-0.15, -0.1) is 0 Å². The predicted octanol–water partition coefficient (Wildman–Crippen LogP) is 7.18. The molecule has 4 rings (SSSR count).